The molecule has 0 unspecified atom stereocenters. The number of benzene rings is 2. The fourth-order valence-corrected chi connectivity index (χ4v) is 3.73. The smallest absolute Gasteiger partial charge is 0.231 e. The van der Waals surface area contributed by atoms with Gasteiger partial charge in [0, 0.05) is 18.0 Å². The molecular formula is C17H16N4OS2. The van der Waals surface area contributed by atoms with Gasteiger partial charge in [0.05, 0.1) is 22.4 Å². The third-order valence-corrected chi connectivity index (χ3v) is 5.19. The molecule has 2 heterocycles. The quantitative estimate of drug-likeness (QED) is 0.511. The molecule has 0 saturated heterocycles. The molecule has 0 radical (unpaired) electrons. The highest BCUT2D eigenvalue weighted by Gasteiger charge is 2.17. The largest absolute Gasteiger partial charge is 0.489 e. The molecule has 7 heteroatoms. The molecule has 0 N–H and O–H groups in total. The number of hydrogen-bond acceptors (Lipinski definition) is 7. The van der Waals surface area contributed by atoms with Gasteiger partial charge >= 0.3 is 0 Å². The van der Waals surface area contributed by atoms with Crippen LogP contribution in [0, 0.1) is 6.92 Å². The van der Waals surface area contributed by atoms with E-state index >= 15 is 0 Å². The molecule has 24 heavy (non-hydrogen) atoms. The van der Waals surface area contributed by atoms with Gasteiger partial charge in [0.15, 0.2) is 0 Å². The Kier molecular flexibility index (Phi) is 3.90. The maximum atomic E-state index is 5.71. The van der Waals surface area contributed by atoms with Crippen LogP contribution < -0.4 is 9.64 Å². The van der Waals surface area contributed by atoms with Crippen molar-refractivity contribution in [2.24, 2.45) is 10.2 Å². The highest BCUT2D eigenvalue weighted by atomic mass is 32.1. The summed E-state index contributed by atoms with van der Waals surface area (Å²) >= 11 is 6.06. The van der Waals surface area contributed by atoms with E-state index in [0.29, 0.717) is 17.4 Å². The highest BCUT2D eigenvalue weighted by Crippen LogP contribution is 2.39. The Morgan fingerprint density at radius 3 is 3.00 bits per heavy atom. The molecule has 5 nitrogen and oxygen atoms in total. The predicted molar refractivity (Wildman–Crippen MR) is 101 cm³/mol. The number of aromatic nitrogens is 1. The molecule has 1 aliphatic rings. The number of rotatable bonds is 2. The second-order valence-corrected chi connectivity index (χ2v) is 7.24. The highest BCUT2D eigenvalue weighted by molar-refractivity contribution is 7.80. The van der Waals surface area contributed by atoms with Crippen LogP contribution in [0.3, 0.4) is 0 Å². The lowest BCUT2D eigenvalue weighted by molar-refractivity contribution is 0.311. The van der Waals surface area contributed by atoms with Crippen molar-refractivity contribution in [2.75, 3.05) is 25.1 Å². The van der Waals surface area contributed by atoms with Crippen LogP contribution in [0.25, 0.3) is 10.2 Å². The first kappa shape index (κ1) is 15.4. The number of fused-ring (bicyclic) bond motifs is 2. The lowest BCUT2D eigenvalue weighted by atomic mass is 10.2. The fraction of sp³-hybridized carbons (Fsp3) is 0.235. The monoisotopic (exact) mass is 356 g/mol. The summed E-state index contributed by atoms with van der Waals surface area (Å²) < 4.78 is 6.83. The minimum Gasteiger partial charge on any atom is -0.489 e. The fourth-order valence-electron chi connectivity index (χ4n) is 2.61. The van der Waals surface area contributed by atoms with Gasteiger partial charge in [-0.15, -0.1) is 22.9 Å². The van der Waals surface area contributed by atoms with Crippen molar-refractivity contribution in [1.82, 2.24) is 4.98 Å². The minimum atomic E-state index is 0.638. The number of nitrogens with zero attached hydrogens (tertiary/aromatic N) is 4. The Balaban J connectivity index is 1.67. The van der Waals surface area contributed by atoms with Gasteiger partial charge in [-0.25, -0.2) is 4.98 Å². The number of hydrogen-bond donors (Lipinski definition) is 1. The maximum absolute atomic E-state index is 5.71. The van der Waals surface area contributed by atoms with Crippen molar-refractivity contribution in [3.63, 3.8) is 0 Å². The molecule has 1 aliphatic heterocycles. The zero-order valence-electron chi connectivity index (χ0n) is 13.4. The second kappa shape index (κ2) is 6.07. The molecule has 0 saturated carbocycles. The van der Waals surface area contributed by atoms with Gasteiger partial charge < -0.3 is 9.64 Å². The summed E-state index contributed by atoms with van der Waals surface area (Å²) in [4.78, 5) is 7.41. The Morgan fingerprint density at radius 1 is 1.25 bits per heavy atom. The van der Waals surface area contributed by atoms with Crippen LogP contribution in [0.4, 0.5) is 16.5 Å². The van der Waals surface area contributed by atoms with Gasteiger partial charge in [0.2, 0.25) is 5.13 Å². The lowest BCUT2D eigenvalue weighted by Crippen LogP contribution is -2.28. The molecule has 0 spiro atoms. The molecule has 0 atom stereocenters. The van der Waals surface area contributed by atoms with Crippen molar-refractivity contribution in [1.29, 1.82) is 0 Å². The summed E-state index contributed by atoms with van der Waals surface area (Å²) in [5, 5.41) is 9.25. The third kappa shape index (κ3) is 2.85. The van der Waals surface area contributed by atoms with Gasteiger partial charge in [-0.3, -0.25) is 0 Å². The van der Waals surface area contributed by atoms with Crippen molar-refractivity contribution >= 4 is 50.7 Å². The van der Waals surface area contributed by atoms with Gasteiger partial charge in [-0.05, 0) is 30.7 Å². The van der Waals surface area contributed by atoms with E-state index in [2.05, 4.69) is 45.7 Å². The van der Waals surface area contributed by atoms with E-state index in [1.165, 1.54) is 16.9 Å². The Labute approximate surface area is 149 Å². The first-order valence-electron chi connectivity index (χ1n) is 7.60. The molecule has 3 aromatic rings. The van der Waals surface area contributed by atoms with Crippen molar-refractivity contribution < 1.29 is 4.74 Å². The Morgan fingerprint density at radius 2 is 2.12 bits per heavy atom. The molecule has 0 aliphatic carbocycles. The molecule has 2 aromatic carbocycles. The number of ether oxygens (including phenoxy) is 1. The van der Waals surface area contributed by atoms with Crippen molar-refractivity contribution in [2.45, 2.75) is 11.8 Å². The summed E-state index contributed by atoms with van der Waals surface area (Å²) in [7, 11) is 2.04. The van der Waals surface area contributed by atoms with Crippen molar-refractivity contribution in [3.05, 3.63) is 35.9 Å². The van der Waals surface area contributed by atoms with Gasteiger partial charge in [0.1, 0.15) is 18.0 Å². The molecule has 122 valence electrons. The van der Waals surface area contributed by atoms with Gasteiger partial charge in [-0.1, -0.05) is 17.4 Å². The van der Waals surface area contributed by atoms with Crippen LogP contribution in [0.2, 0.25) is 0 Å². The maximum Gasteiger partial charge on any atom is 0.231 e. The number of azo groups is 1. The first-order valence-corrected chi connectivity index (χ1v) is 8.86. The van der Waals surface area contributed by atoms with E-state index in [0.717, 1.165) is 33.1 Å². The van der Waals surface area contributed by atoms with Crippen LogP contribution in [-0.4, -0.2) is 25.2 Å². The van der Waals surface area contributed by atoms with E-state index in [4.69, 9.17) is 4.74 Å². The summed E-state index contributed by atoms with van der Waals surface area (Å²) in [6.07, 6.45) is 0. The van der Waals surface area contributed by atoms with E-state index in [1.54, 1.807) is 0 Å². The molecule has 0 fully saturated rings. The van der Waals surface area contributed by atoms with Crippen LogP contribution in [-0.2, 0) is 0 Å². The second-order valence-electron chi connectivity index (χ2n) is 5.75. The summed E-state index contributed by atoms with van der Waals surface area (Å²) in [5.41, 5.74) is 3.87. The standard InChI is InChI=1S/C17H16N4OS2/c1-10-3-4-11-16(7-10)24-17(18-11)20-19-12-8-14-13(9-15(12)23)21(2)5-6-22-14/h3-4,7-9,23H,5-6H2,1-2H3. The van der Waals surface area contributed by atoms with E-state index in [1.807, 2.05) is 31.3 Å². The van der Waals surface area contributed by atoms with E-state index in [9.17, 15) is 0 Å². The number of anilines is 1. The van der Waals surface area contributed by atoms with E-state index in [-0.39, 0.29) is 0 Å². The Hall–Kier alpha value is -2.12. The first-order chi connectivity index (χ1) is 11.6. The van der Waals surface area contributed by atoms with E-state index < -0.39 is 0 Å². The average Bonchev–Trinajstić information content (AvgIpc) is 2.96. The summed E-state index contributed by atoms with van der Waals surface area (Å²) in [6.45, 7) is 3.60. The van der Waals surface area contributed by atoms with Crippen LogP contribution in [0.15, 0.2) is 45.5 Å². The topological polar surface area (TPSA) is 50.1 Å². The van der Waals surface area contributed by atoms with Gasteiger partial charge in [-0.2, -0.15) is 0 Å². The number of likely N-dealkylation sites (N-methyl/N-ethyl adjacent to an activating group) is 1. The molecule has 0 amide bonds. The van der Waals surface area contributed by atoms with Crippen LogP contribution >= 0.6 is 24.0 Å². The number of aryl methyl sites for hydroxylation is 1. The minimum absolute atomic E-state index is 0.638. The summed E-state index contributed by atoms with van der Waals surface area (Å²) in [5.74, 6) is 0.815. The number of thiol groups is 1. The normalized spacial score (nSPS) is 14.2. The van der Waals surface area contributed by atoms with Crippen molar-refractivity contribution in [3.8, 4) is 5.75 Å². The van der Waals surface area contributed by atoms with Crippen LogP contribution in [0.5, 0.6) is 5.75 Å². The number of thiazole rings is 1. The zero-order valence-corrected chi connectivity index (χ0v) is 15.1. The average molecular weight is 356 g/mol. The lowest BCUT2D eigenvalue weighted by Gasteiger charge is -2.28. The third-order valence-electron chi connectivity index (χ3n) is 3.93. The van der Waals surface area contributed by atoms with Crippen LogP contribution in [0.1, 0.15) is 5.56 Å². The molecular weight excluding hydrogens is 340 g/mol. The molecule has 4 rings (SSSR count). The SMILES string of the molecule is Cc1ccc2nc(N=Nc3cc4c(cc3S)N(C)CCO4)sc2c1. The molecule has 0 bridgehead atoms. The zero-order chi connectivity index (χ0) is 16.7. The predicted octanol–water partition coefficient (Wildman–Crippen LogP) is 5.14. The summed E-state index contributed by atoms with van der Waals surface area (Å²) in [6, 6.07) is 10.0. The van der Waals surface area contributed by atoms with Gasteiger partial charge in [0.25, 0.3) is 0 Å². The molecule has 1 aromatic heterocycles. The Bertz CT molecular complexity index is 951.